The van der Waals surface area contributed by atoms with E-state index in [2.05, 4.69) is 20.7 Å². The van der Waals surface area contributed by atoms with E-state index in [-0.39, 0.29) is 18.4 Å². The molecule has 0 aromatic heterocycles. The predicted molar refractivity (Wildman–Crippen MR) is 100 cm³/mol. The Labute approximate surface area is 151 Å². The Balaban J connectivity index is 1.87. The van der Waals surface area contributed by atoms with Crippen molar-refractivity contribution in [1.82, 2.24) is 0 Å². The van der Waals surface area contributed by atoms with E-state index in [1.54, 1.807) is 55.5 Å². The van der Waals surface area contributed by atoms with Crippen LogP contribution in [-0.4, -0.2) is 31.4 Å². The lowest BCUT2D eigenvalue weighted by atomic mass is 10.2. The number of ether oxygens (including phenoxy) is 1. The first-order chi connectivity index (χ1) is 12.5. The normalized spacial score (nSPS) is 9.92. The van der Waals surface area contributed by atoms with E-state index in [1.807, 2.05) is 0 Å². The lowest BCUT2D eigenvalue weighted by Gasteiger charge is -2.10. The van der Waals surface area contributed by atoms with Crippen LogP contribution in [0.4, 0.5) is 17.1 Å². The van der Waals surface area contributed by atoms with Crippen molar-refractivity contribution in [2.24, 2.45) is 0 Å². The lowest BCUT2D eigenvalue weighted by molar-refractivity contribution is -0.116. The summed E-state index contributed by atoms with van der Waals surface area (Å²) in [5.41, 5.74) is 2.37. The minimum Gasteiger partial charge on any atom is -0.465 e. The second-order valence-electron chi connectivity index (χ2n) is 5.45. The SMILES string of the molecule is CCC(=O)Nc1cccc(NCC(=O)Nc2ccc(C(=O)OC)cc2)c1. The number of nitrogens with one attached hydrogen (secondary N) is 3. The molecule has 0 saturated heterocycles. The third kappa shape index (κ3) is 5.62. The van der Waals surface area contributed by atoms with Crippen LogP contribution in [0.15, 0.2) is 48.5 Å². The molecule has 2 amide bonds. The van der Waals surface area contributed by atoms with E-state index in [1.165, 1.54) is 7.11 Å². The van der Waals surface area contributed by atoms with E-state index in [0.717, 1.165) is 5.69 Å². The average Bonchev–Trinajstić information content (AvgIpc) is 2.66. The van der Waals surface area contributed by atoms with Crippen LogP contribution in [0.1, 0.15) is 23.7 Å². The zero-order valence-corrected chi connectivity index (χ0v) is 14.7. The smallest absolute Gasteiger partial charge is 0.337 e. The standard InChI is InChI=1S/C19H21N3O4/c1-3-17(23)22-16-6-4-5-15(11-16)20-12-18(24)21-14-9-7-13(8-10-14)19(25)26-2/h4-11,20H,3,12H2,1-2H3,(H,21,24)(H,22,23). The third-order valence-electron chi connectivity index (χ3n) is 3.51. The van der Waals surface area contributed by atoms with Gasteiger partial charge in [0.1, 0.15) is 0 Å². The summed E-state index contributed by atoms with van der Waals surface area (Å²) in [6, 6.07) is 13.5. The lowest BCUT2D eigenvalue weighted by Crippen LogP contribution is -2.21. The van der Waals surface area contributed by atoms with Gasteiger partial charge in [-0.1, -0.05) is 13.0 Å². The van der Waals surface area contributed by atoms with Crippen LogP contribution < -0.4 is 16.0 Å². The molecule has 0 unspecified atom stereocenters. The molecule has 2 rings (SSSR count). The van der Waals surface area contributed by atoms with Gasteiger partial charge in [-0.15, -0.1) is 0 Å². The van der Waals surface area contributed by atoms with Crippen LogP contribution in [0.3, 0.4) is 0 Å². The molecule has 0 aliphatic carbocycles. The maximum absolute atomic E-state index is 12.0. The maximum Gasteiger partial charge on any atom is 0.337 e. The molecular formula is C19H21N3O4. The summed E-state index contributed by atoms with van der Waals surface area (Å²) in [7, 11) is 1.31. The van der Waals surface area contributed by atoms with Crippen LogP contribution in [-0.2, 0) is 14.3 Å². The molecule has 0 spiro atoms. The summed E-state index contributed by atoms with van der Waals surface area (Å²) in [6.07, 6.45) is 0.398. The van der Waals surface area contributed by atoms with Gasteiger partial charge < -0.3 is 20.7 Å². The van der Waals surface area contributed by atoms with Crippen molar-refractivity contribution in [3.63, 3.8) is 0 Å². The predicted octanol–water partition coefficient (Wildman–Crippen LogP) is 2.87. The molecule has 0 bridgehead atoms. The second-order valence-corrected chi connectivity index (χ2v) is 5.45. The largest absolute Gasteiger partial charge is 0.465 e. The number of benzene rings is 2. The van der Waals surface area contributed by atoms with Crippen molar-refractivity contribution in [3.05, 3.63) is 54.1 Å². The first kappa shape index (κ1) is 19.0. The molecule has 3 N–H and O–H groups in total. The van der Waals surface area contributed by atoms with Crippen LogP contribution >= 0.6 is 0 Å². The number of anilines is 3. The van der Waals surface area contributed by atoms with E-state index in [4.69, 9.17) is 0 Å². The molecule has 2 aromatic rings. The Hall–Kier alpha value is -3.35. The van der Waals surface area contributed by atoms with Crippen molar-refractivity contribution in [2.75, 3.05) is 29.6 Å². The minimum absolute atomic E-state index is 0.0595. The van der Waals surface area contributed by atoms with E-state index >= 15 is 0 Å². The Morgan fingerprint density at radius 3 is 2.19 bits per heavy atom. The number of rotatable bonds is 7. The molecule has 0 heterocycles. The van der Waals surface area contributed by atoms with Gasteiger partial charge in [0.2, 0.25) is 11.8 Å². The summed E-state index contributed by atoms with van der Waals surface area (Å²) in [5.74, 6) is -0.742. The van der Waals surface area contributed by atoms with Crippen LogP contribution in [0.2, 0.25) is 0 Å². The number of hydrogen-bond acceptors (Lipinski definition) is 5. The van der Waals surface area contributed by atoms with Gasteiger partial charge in [0.05, 0.1) is 19.2 Å². The summed E-state index contributed by atoms with van der Waals surface area (Å²) in [5, 5.41) is 8.49. The van der Waals surface area contributed by atoms with Gasteiger partial charge in [-0.3, -0.25) is 9.59 Å². The van der Waals surface area contributed by atoms with Gasteiger partial charge in [0, 0.05) is 23.5 Å². The Morgan fingerprint density at radius 2 is 1.54 bits per heavy atom. The van der Waals surface area contributed by atoms with Crippen molar-refractivity contribution in [2.45, 2.75) is 13.3 Å². The molecule has 0 fully saturated rings. The molecule has 7 heteroatoms. The zero-order chi connectivity index (χ0) is 18.9. The Morgan fingerprint density at radius 1 is 0.885 bits per heavy atom. The quantitative estimate of drug-likeness (QED) is 0.664. The fourth-order valence-corrected chi connectivity index (χ4v) is 2.15. The highest BCUT2D eigenvalue weighted by atomic mass is 16.5. The van der Waals surface area contributed by atoms with Crippen LogP contribution in [0.25, 0.3) is 0 Å². The molecule has 136 valence electrons. The van der Waals surface area contributed by atoms with Crippen molar-refractivity contribution < 1.29 is 19.1 Å². The number of carbonyl (C=O) groups excluding carboxylic acids is 3. The fourth-order valence-electron chi connectivity index (χ4n) is 2.15. The van der Waals surface area contributed by atoms with E-state index in [0.29, 0.717) is 23.4 Å². The summed E-state index contributed by atoms with van der Waals surface area (Å²) in [4.78, 5) is 34.8. The molecule has 2 aromatic carbocycles. The fraction of sp³-hybridized carbons (Fsp3) is 0.211. The first-order valence-electron chi connectivity index (χ1n) is 8.14. The monoisotopic (exact) mass is 355 g/mol. The first-order valence-corrected chi connectivity index (χ1v) is 8.14. The molecule has 7 nitrogen and oxygen atoms in total. The molecule has 0 saturated carbocycles. The summed E-state index contributed by atoms with van der Waals surface area (Å²) >= 11 is 0. The number of hydrogen-bond donors (Lipinski definition) is 3. The van der Waals surface area contributed by atoms with Gasteiger partial charge >= 0.3 is 5.97 Å². The van der Waals surface area contributed by atoms with Crippen molar-refractivity contribution >= 4 is 34.8 Å². The highest BCUT2D eigenvalue weighted by molar-refractivity contribution is 5.95. The Bertz CT molecular complexity index is 788. The van der Waals surface area contributed by atoms with Gasteiger partial charge in [0.25, 0.3) is 0 Å². The molecule has 0 atom stereocenters. The molecule has 26 heavy (non-hydrogen) atoms. The molecule has 0 aliphatic heterocycles. The highest BCUT2D eigenvalue weighted by Crippen LogP contribution is 2.15. The van der Waals surface area contributed by atoms with E-state index < -0.39 is 5.97 Å². The number of carbonyl (C=O) groups is 3. The highest BCUT2D eigenvalue weighted by Gasteiger charge is 2.07. The maximum atomic E-state index is 12.0. The third-order valence-corrected chi connectivity index (χ3v) is 3.51. The van der Waals surface area contributed by atoms with Crippen molar-refractivity contribution in [3.8, 4) is 0 Å². The zero-order valence-electron chi connectivity index (χ0n) is 14.7. The Kier molecular flexibility index (Phi) is 6.73. The topological polar surface area (TPSA) is 96.5 Å². The summed E-state index contributed by atoms with van der Waals surface area (Å²) in [6.45, 7) is 1.84. The number of methoxy groups -OCH3 is 1. The minimum atomic E-state index is -0.431. The van der Waals surface area contributed by atoms with Crippen LogP contribution in [0.5, 0.6) is 0 Å². The van der Waals surface area contributed by atoms with E-state index in [9.17, 15) is 14.4 Å². The van der Waals surface area contributed by atoms with Gasteiger partial charge in [0.15, 0.2) is 0 Å². The number of esters is 1. The second kappa shape index (κ2) is 9.22. The van der Waals surface area contributed by atoms with Gasteiger partial charge in [-0.2, -0.15) is 0 Å². The van der Waals surface area contributed by atoms with Crippen molar-refractivity contribution in [1.29, 1.82) is 0 Å². The molecule has 0 radical (unpaired) electrons. The van der Waals surface area contributed by atoms with Gasteiger partial charge in [-0.05, 0) is 42.5 Å². The summed E-state index contributed by atoms with van der Waals surface area (Å²) < 4.78 is 4.62. The number of amides is 2. The van der Waals surface area contributed by atoms with Crippen LogP contribution in [0, 0.1) is 0 Å². The average molecular weight is 355 g/mol. The molecular weight excluding hydrogens is 334 g/mol. The van der Waals surface area contributed by atoms with Gasteiger partial charge in [-0.25, -0.2) is 4.79 Å². The molecule has 0 aliphatic rings.